The number of benzene rings is 1. The largest absolute Gasteiger partial charge is 1.00 e. The molecule has 0 aromatic heterocycles. The maximum Gasteiger partial charge on any atom is 1.00 e. The molecule has 0 N–H and O–H groups in total. The van der Waals surface area contributed by atoms with E-state index in [4.69, 9.17) is 4.74 Å². The van der Waals surface area contributed by atoms with Crippen LogP contribution >= 0.6 is 0 Å². The number of aliphatic carboxylic acids is 1. The molecule has 0 amide bonds. The van der Waals surface area contributed by atoms with Crippen LogP contribution in [0.3, 0.4) is 0 Å². The third-order valence-corrected chi connectivity index (χ3v) is 1.33. The van der Waals surface area contributed by atoms with Crippen LogP contribution in [0.15, 0.2) is 30.3 Å². The molecule has 74 valence electrons. The van der Waals surface area contributed by atoms with Crippen molar-refractivity contribution in [1.82, 2.24) is 0 Å². The molecule has 0 spiro atoms. The van der Waals surface area contributed by atoms with E-state index in [0.717, 1.165) is 5.56 Å². The molecule has 0 aliphatic carbocycles. The SMILES string of the molecule is O=C([O-])COCc1ccccc1.[Ag+]. The van der Waals surface area contributed by atoms with Gasteiger partial charge in [0.1, 0.15) is 0 Å². The molecule has 1 aromatic rings. The van der Waals surface area contributed by atoms with Crippen LogP contribution in [0.4, 0.5) is 0 Å². The van der Waals surface area contributed by atoms with E-state index in [0.29, 0.717) is 6.61 Å². The summed E-state index contributed by atoms with van der Waals surface area (Å²) < 4.78 is 4.82. The minimum atomic E-state index is -1.19. The Kier molecular flexibility index (Phi) is 6.54. The second kappa shape index (κ2) is 6.86. The van der Waals surface area contributed by atoms with Crippen molar-refractivity contribution in [1.29, 1.82) is 0 Å². The molecule has 0 saturated carbocycles. The number of rotatable bonds is 4. The standard InChI is InChI=1S/C9H10O3.Ag/c10-9(11)7-12-6-8-4-2-1-3-5-8;/h1-5H,6-7H2,(H,10,11);/q;+1/p-1. The van der Waals surface area contributed by atoms with E-state index in [2.05, 4.69) is 0 Å². The van der Waals surface area contributed by atoms with Gasteiger partial charge in [0.05, 0.1) is 19.2 Å². The van der Waals surface area contributed by atoms with Crippen molar-refractivity contribution in [2.24, 2.45) is 0 Å². The van der Waals surface area contributed by atoms with Crippen LogP contribution < -0.4 is 5.11 Å². The first-order chi connectivity index (χ1) is 5.79. The van der Waals surface area contributed by atoms with Gasteiger partial charge >= 0.3 is 22.4 Å². The average Bonchev–Trinajstić information content (AvgIpc) is 2.05. The first-order valence-corrected chi connectivity index (χ1v) is 3.60. The molecule has 0 fully saturated rings. The minimum Gasteiger partial charge on any atom is -0.548 e. The number of ether oxygens (including phenoxy) is 1. The number of carbonyl (C=O) groups excluding carboxylic acids is 1. The van der Waals surface area contributed by atoms with Crippen molar-refractivity contribution in [3.8, 4) is 0 Å². The molecule has 1 aromatic carbocycles. The van der Waals surface area contributed by atoms with Gasteiger partial charge in [0.2, 0.25) is 0 Å². The van der Waals surface area contributed by atoms with Crippen molar-refractivity contribution in [2.75, 3.05) is 6.61 Å². The van der Waals surface area contributed by atoms with Crippen LogP contribution in [0.25, 0.3) is 0 Å². The molecule has 0 heterocycles. The number of carbonyl (C=O) groups is 1. The molecular formula is C9H9AgO3. The Morgan fingerprint density at radius 1 is 1.31 bits per heavy atom. The van der Waals surface area contributed by atoms with Gasteiger partial charge in [-0.1, -0.05) is 30.3 Å². The second-order valence-corrected chi connectivity index (χ2v) is 2.35. The van der Waals surface area contributed by atoms with Crippen LogP contribution in [-0.4, -0.2) is 12.6 Å². The number of hydrogen-bond acceptors (Lipinski definition) is 3. The molecule has 0 aliphatic heterocycles. The van der Waals surface area contributed by atoms with Gasteiger partial charge in [0.25, 0.3) is 0 Å². The van der Waals surface area contributed by atoms with Crippen LogP contribution in [0.2, 0.25) is 0 Å². The second-order valence-electron chi connectivity index (χ2n) is 2.35. The van der Waals surface area contributed by atoms with E-state index in [1.54, 1.807) is 0 Å². The van der Waals surface area contributed by atoms with Crippen LogP contribution in [0.1, 0.15) is 5.56 Å². The van der Waals surface area contributed by atoms with Gasteiger partial charge < -0.3 is 14.6 Å². The summed E-state index contributed by atoms with van der Waals surface area (Å²) in [4.78, 5) is 9.95. The molecule has 13 heavy (non-hydrogen) atoms. The van der Waals surface area contributed by atoms with E-state index in [9.17, 15) is 9.90 Å². The van der Waals surface area contributed by atoms with Crippen molar-refractivity contribution in [3.05, 3.63) is 35.9 Å². The predicted molar refractivity (Wildman–Crippen MR) is 41.1 cm³/mol. The number of carboxylic acid groups (broad SMARTS) is 1. The van der Waals surface area contributed by atoms with Crippen LogP contribution in [-0.2, 0) is 38.5 Å². The quantitative estimate of drug-likeness (QED) is 0.723. The van der Waals surface area contributed by atoms with E-state index < -0.39 is 5.97 Å². The molecule has 0 bridgehead atoms. The molecule has 4 heteroatoms. The van der Waals surface area contributed by atoms with Crippen molar-refractivity contribution < 1.29 is 37.0 Å². The molecule has 0 saturated heterocycles. The van der Waals surface area contributed by atoms with Gasteiger partial charge in [-0.25, -0.2) is 0 Å². The van der Waals surface area contributed by atoms with Crippen LogP contribution in [0.5, 0.6) is 0 Å². The summed E-state index contributed by atoms with van der Waals surface area (Å²) in [6.07, 6.45) is 0. The maximum atomic E-state index is 9.95. The zero-order chi connectivity index (χ0) is 8.81. The van der Waals surface area contributed by atoms with Gasteiger partial charge in [-0.2, -0.15) is 0 Å². The molecular weight excluding hydrogens is 264 g/mol. The van der Waals surface area contributed by atoms with E-state index in [-0.39, 0.29) is 29.0 Å². The fraction of sp³-hybridized carbons (Fsp3) is 0.222. The summed E-state index contributed by atoms with van der Waals surface area (Å²) in [5.74, 6) is -1.19. The van der Waals surface area contributed by atoms with Gasteiger partial charge in [0.15, 0.2) is 0 Å². The van der Waals surface area contributed by atoms with Gasteiger partial charge in [-0.15, -0.1) is 0 Å². The van der Waals surface area contributed by atoms with Gasteiger partial charge in [-0.05, 0) is 5.56 Å². The molecule has 3 nitrogen and oxygen atoms in total. The monoisotopic (exact) mass is 272 g/mol. The Hall–Kier alpha value is -0.610. The zero-order valence-electron chi connectivity index (χ0n) is 6.83. The molecule has 0 aliphatic rings. The summed E-state index contributed by atoms with van der Waals surface area (Å²) in [5, 5.41) is 9.95. The number of carboxylic acids is 1. The topological polar surface area (TPSA) is 49.4 Å². The van der Waals surface area contributed by atoms with Crippen molar-refractivity contribution in [2.45, 2.75) is 6.61 Å². The van der Waals surface area contributed by atoms with E-state index in [1.807, 2.05) is 30.3 Å². The molecule has 0 atom stereocenters. The Bertz CT molecular complexity index is 248. The first-order valence-electron chi connectivity index (χ1n) is 3.60. The molecule has 0 radical (unpaired) electrons. The van der Waals surface area contributed by atoms with Crippen LogP contribution in [0, 0.1) is 0 Å². The Labute approximate surface area is 92.2 Å². The summed E-state index contributed by atoms with van der Waals surface area (Å²) >= 11 is 0. The predicted octanol–water partition coefficient (Wildman–Crippen LogP) is -0.0494. The Morgan fingerprint density at radius 2 is 1.92 bits per heavy atom. The molecule has 0 unspecified atom stereocenters. The first kappa shape index (κ1) is 12.4. The summed E-state index contributed by atoms with van der Waals surface area (Å²) in [5.41, 5.74) is 0.957. The van der Waals surface area contributed by atoms with Gasteiger partial charge in [0, 0.05) is 0 Å². The average molecular weight is 273 g/mol. The molecule has 1 rings (SSSR count). The third-order valence-electron chi connectivity index (χ3n) is 1.33. The Balaban J connectivity index is 0.00000144. The fourth-order valence-electron chi connectivity index (χ4n) is 0.826. The minimum absolute atomic E-state index is 0. The normalized spacial score (nSPS) is 8.92. The van der Waals surface area contributed by atoms with E-state index in [1.165, 1.54) is 0 Å². The van der Waals surface area contributed by atoms with E-state index >= 15 is 0 Å². The Morgan fingerprint density at radius 3 is 2.46 bits per heavy atom. The summed E-state index contributed by atoms with van der Waals surface area (Å²) in [6.45, 7) is -0.0380. The van der Waals surface area contributed by atoms with Crippen molar-refractivity contribution >= 4 is 5.97 Å². The smallest absolute Gasteiger partial charge is 0.548 e. The maximum absolute atomic E-state index is 9.95. The van der Waals surface area contributed by atoms with Crippen molar-refractivity contribution in [3.63, 3.8) is 0 Å². The third kappa shape index (κ3) is 5.60. The van der Waals surface area contributed by atoms with Gasteiger partial charge in [-0.3, -0.25) is 0 Å². The summed E-state index contributed by atoms with van der Waals surface area (Å²) in [6, 6.07) is 9.38. The zero-order valence-corrected chi connectivity index (χ0v) is 8.31. The number of hydrogen-bond donors (Lipinski definition) is 0. The summed E-state index contributed by atoms with van der Waals surface area (Å²) in [7, 11) is 0. The fourth-order valence-corrected chi connectivity index (χ4v) is 0.826.